The summed E-state index contributed by atoms with van der Waals surface area (Å²) in [5, 5.41) is 2.41. The quantitative estimate of drug-likeness (QED) is 0.630. The van der Waals surface area contributed by atoms with E-state index >= 15 is 0 Å². The van der Waals surface area contributed by atoms with Crippen molar-refractivity contribution in [2.24, 2.45) is 0 Å². The van der Waals surface area contributed by atoms with Crippen LogP contribution in [0.25, 0.3) is 6.08 Å². The molecule has 1 aromatic carbocycles. The largest absolute Gasteiger partial charge is 0.468 e. The molecule has 4 heteroatoms. The number of hydrogen-bond acceptors (Lipinski definition) is 3. The molecule has 1 amide bonds. The van der Waals surface area contributed by atoms with Gasteiger partial charge in [0.25, 0.3) is 0 Å². The SMILES string of the molecule is COC(=O)CNC(=O)/C=C/c1ccc(C)cc1. The summed E-state index contributed by atoms with van der Waals surface area (Å²) in [6, 6.07) is 7.76. The van der Waals surface area contributed by atoms with Gasteiger partial charge in [0.1, 0.15) is 6.54 Å². The molecule has 0 unspecified atom stereocenters. The van der Waals surface area contributed by atoms with E-state index in [1.807, 2.05) is 31.2 Å². The summed E-state index contributed by atoms with van der Waals surface area (Å²) in [6.45, 7) is 1.88. The molecule has 17 heavy (non-hydrogen) atoms. The fraction of sp³-hybridized carbons (Fsp3) is 0.231. The molecule has 0 fully saturated rings. The van der Waals surface area contributed by atoms with Crippen LogP contribution < -0.4 is 5.32 Å². The van der Waals surface area contributed by atoms with Crippen LogP contribution in [0.1, 0.15) is 11.1 Å². The zero-order valence-corrected chi connectivity index (χ0v) is 9.90. The highest BCUT2D eigenvalue weighted by atomic mass is 16.5. The molecule has 0 bridgehead atoms. The number of hydrogen-bond donors (Lipinski definition) is 1. The third kappa shape index (κ3) is 4.97. The van der Waals surface area contributed by atoms with E-state index in [0.29, 0.717) is 0 Å². The monoisotopic (exact) mass is 233 g/mol. The zero-order chi connectivity index (χ0) is 12.7. The molecule has 0 saturated heterocycles. The number of methoxy groups -OCH3 is 1. The van der Waals surface area contributed by atoms with Crippen molar-refractivity contribution in [3.63, 3.8) is 0 Å². The molecular weight excluding hydrogens is 218 g/mol. The van der Waals surface area contributed by atoms with Crippen molar-refractivity contribution in [3.05, 3.63) is 41.5 Å². The van der Waals surface area contributed by atoms with Crippen molar-refractivity contribution in [1.29, 1.82) is 0 Å². The highest BCUT2D eigenvalue weighted by Gasteiger charge is 2.01. The van der Waals surface area contributed by atoms with E-state index in [0.717, 1.165) is 11.1 Å². The maximum Gasteiger partial charge on any atom is 0.325 e. The number of rotatable bonds is 4. The molecule has 4 nitrogen and oxygen atoms in total. The second kappa shape index (κ2) is 6.48. The summed E-state index contributed by atoms with van der Waals surface area (Å²) >= 11 is 0. The van der Waals surface area contributed by atoms with Crippen LogP contribution in [-0.2, 0) is 14.3 Å². The van der Waals surface area contributed by atoms with Gasteiger partial charge in [0.2, 0.25) is 5.91 Å². The highest BCUT2D eigenvalue weighted by molar-refractivity contribution is 5.93. The lowest BCUT2D eigenvalue weighted by atomic mass is 10.1. The maximum atomic E-state index is 11.3. The number of carbonyl (C=O) groups is 2. The first kappa shape index (κ1) is 13.0. The first-order valence-electron chi connectivity index (χ1n) is 5.21. The summed E-state index contributed by atoms with van der Waals surface area (Å²) < 4.78 is 4.40. The Labute approximate surface area is 100 Å². The van der Waals surface area contributed by atoms with Gasteiger partial charge < -0.3 is 10.1 Å². The Morgan fingerprint density at radius 3 is 2.53 bits per heavy atom. The van der Waals surface area contributed by atoms with Crippen LogP contribution in [0.2, 0.25) is 0 Å². The number of ether oxygens (including phenoxy) is 1. The summed E-state index contributed by atoms with van der Waals surface area (Å²) in [5.41, 5.74) is 2.10. The summed E-state index contributed by atoms with van der Waals surface area (Å²) in [5.74, 6) is -0.793. The molecule has 0 aliphatic rings. The van der Waals surface area contributed by atoms with Gasteiger partial charge in [-0.3, -0.25) is 9.59 Å². The lowest BCUT2D eigenvalue weighted by Crippen LogP contribution is -2.28. The smallest absolute Gasteiger partial charge is 0.325 e. The Balaban J connectivity index is 2.45. The van der Waals surface area contributed by atoms with E-state index in [-0.39, 0.29) is 12.5 Å². The Bertz CT molecular complexity index is 421. The van der Waals surface area contributed by atoms with E-state index in [9.17, 15) is 9.59 Å². The highest BCUT2D eigenvalue weighted by Crippen LogP contribution is 2.04. The number of esters is 1. The van der Waals surface area contributed by atoms with Crippen LogP contribution in [0, 0.1) is 6.92 Å². The Kier molecular flexibility index (Phi) is 4.94. The van der Waals surface area contributed by atoms with Gasteiger partial charge in [0.05, 0.1) is 7.11 Å². The van der Waals surface area contributed by atoms with Crippen molar-refractivity contribution >= 4 is 18.0 Å². The minimum atomic E-state index is -0.470. The van der Waals surface area contributed by atoms with E-state index in [1.54, 1.807) is 6.08 Å². The second-order valence-electron chi connectivity index (χ2n) is 3.54. The molecular formula is C13H15NO3. The van der Waals surface area contributed by atoms with Crippen molar-refractivity contribution in [2.75, 3.05) is 13.7 Å². The predicted octanol–water partition coefficient (Wildman–Crippen LogP) is 1.30. The first-order chi connectivity index (χ1) is 8.11. The van der Waals surface area contributed by atoms with Crippen molar-refractivity contribution in [2.45, 2.75) is 6.92 Å². The Hall–Kier alpha value is -2.10. The normalized spacial score (nSPS) is 10.2. The molecule has 0 heterocycles. The fourth-order valence-corrected chi connectivity index (χ4v) is 1.14. The third-order valence-electron chi connectivity index (χ3n) is 2.14. The van der Waals surface area contributed by atoms with Crippen LogP contribution in [0.5, 0.6) is 0 Å². The molecule has 90 valence electrons. The molecule has 1 rings (SSSR count). The van der Waals surface area contributed by atoms with Gasteiger partial charge >= 0.3 is 5.97 Å². The van der Waals surface area contributed by atoms with Crippen LogP contribution in [0.3, 0.4) is 0 Å². The number of nitrogens with one attached hydrogen (secondary N) is 1. The molecule has 0 atom stereocenters. The minimum absolute atomic E-state index is 0.117. The molecule has 0 radical (unpaired) electrons. The lowest BCUT2D eigenvalue weighted by molar-refractivity contribution is -0.140. The van der Waals surface area contributed by atoms with E-state index < -0.39 is 5.97 Å². The molecule has 0 saturated carbocycles. The van der Waals surface area contributed by atoms with Gasteiger partial charge in [-0.05, 0) is 18.6 Å². The molecule has 0 aromatic heterocycles. The lowest BCUT2D eigenvalue weighted by Gasteiger charge is -1.99. The average molecular weight is 233 g/mol. The molecule has 0 aliphatic carbocycles. The van der Waals surface area contributed by atoms with Crippen LogP contribution in [-0.4, -0.2) is 25.5 Å². The topological polar surface area (TPSA) is 55.4 Å². The maximum absolute atomic E-state index is 11.3. The second-order valence-corrected chi connectivity index (χ2v) is 3.54. The van der Waals surface area contributed by atoms with Crippen molar-refractivity contribution < 1.29 is 14.3 Å². The standard InChI is InChI=1S/C13H15NO3/c1-10-3-5-11(6-4-10)7-8-12(15)14-9-13(16)17-2/h3-8H,9H2,1-2H3,(H,14,15)/b8-7+. The molecule has 0 aliphatic heterocycles. The predicted molar refractivity (Wildman–Crippen MR) is 65.2 cm³/mol. The van der Waals surface area contributed by atoms with Gasteiger partial charge in [-0.2, -0.15) is 0 Å². The fourth-order valence-electron chi connectivity index (χ4n) is 1.14. The van der Waals surface area contributed by atoms with Crippen molar-refractivity contribution in [3.8, 4) is 0 Å². The van der Waals surface area contributed by atoms with Crippen LogP contribution >= 0.6 is 0 Å². The molecule has 1 N–H and O–H groups in total. The Morgan fingerprint density at radius 2 is 1.94 bits per heavy atom. The zero-order valence-electron chi connectivity index (χ0n) is 9.90. The van der Waals surface area contributed by atoms with E-state index in [1.165, 1.54) is 13.2 Å². The number of benzene rings is 1. The van der Waals surface area contributed by atoms with Crippen molar-refractivity contribution in [1.82, 2.24) is 5.32 Å². The van der Waals surface area contributed by atoms with E-state index in [4.69, 9.17) is 0 Å². The van der Waals surface area contributed by atoms with Crippen LogP contribution in [0.15, 0.2) is 30.3 Å². The number of aryl methyl sites for hydroxylation is 1. The van der Waals surface area contributed by atoms with Gasteiger partial charge in [0, 0.05) is 6.08 Å². The molecule has 1 aromatic rings. The van der Waals surface area contributed by atoms with Gasteiger partial charge in [-0.15, -0.1) is 0 Å². The first-order valence-corrected chi connectivity index (χ1v) is 5.21. The third-order valence-corrected chi connectivity index (χ3v) is 2.14. The molecule has 0 spiro atoms. The van der Waals surface area contributed by atoms with Crippen LogP contribution in [0.4, 0.5) is 0 Å². The summed E-state index contributed by atoms with van der Waals surface area (Å²) in [7, 11) is 1.27. The number of amides is 1. The summed E-state index contributed by atoms with van der Waals surface area (Å²) in [4.78, 5) is 22.1. The van der Waals surface area contributed by atoms with Gasteiger partial charge in [0.15, 0.2) is 0 Å². The Morgan fingerprint density at radius 1 is 1.29 bits per heavy atom. The number of carbonyl (C=O) groups excluding carboxylic acids is 2. The van der Waals surface area contributed by atoms with E-state index in [2.05, 4.69) is 10.1 Å². The van der Waals surface area contributed by atoms with Gasteiger partial charge in [-0.25, -0.2) is 0 Å². The van der Waals surface area contributed by atoms with Gasteiger partial charge in [-0.1, -0.05) is 29.8 Å². The summed E-state index contributed by atoms with van der Waals surface area (Å²) in [6.07, 6.45) is 3.07. The average Bonchev–Trinajstić information content (AvgIpc) is 2.35. The minimum Gasteiger partial charge on any atom is -0.468 e.